The zero-order chi connectivity index (χ0) is 13.0. The van der Waals surface area contributed by atoms with E-state index in [4.69, 9.17) is 0 Å². The summed E-state index contributed by atoms with van der Waals surface area (Å²) in [6.45, 7) is 1.68. The number of hydrogen-bond acceptors (Lipinski definition) is 4. The van der Waals surface area contributed by atoms with Gasteiger partial charge in [0.2, 0.25) is 10.0 Å². The van der Waals surface area contributed by atoms with Crippen LogP contribution in [0.5, 0.6) is 0 Å². The molecular formula is C12H18N2O2S2. The van der Waals surface area contributed by atoms with Crippen molar-refractivity contribution in [2.45, 2.75) is 28.7 Å². The molecule has 18 heavy (non-hydrogen) atoms. The maximum Gasteiger partial charge on any atom is 0.240 e. The summed E-state index contributed by atoms with van der Waals surface area (Å²) >= 11 is 1.54. The fourth-order valence-electron chi connectivity index (χ4n) is 2.01. The average molecular weight is 286 g/mol. The van der Waals surface area contributed by atoms with Gasteiger partial charge in [-0.25, -0.2) is 13.1 Å². The van der Waals surface area contributed by atoms with Gasteiger partial charge in [-0.3, -0.25) is 0 Å². The molecule has 1 saturated heterocycles. The van der Waals surface area contributed by atoms with E-state index in [0.29, 0.717) is 11.4 Å². The van der Waals surface area contributed by atoms with Gasteiger partial charge in [-0.1, -0.05) is 6.07 Å². The molecule has 1 aliphatic heterocycles. The molecule has 1 atom stereocenters. The molecule has 1 aromatic carbocycles. The van der Waals surface area contributed by atoms with Crippen LogP contribution < -0.4 is 10.0 Å². The Morgan fingerprint density at radius 1 is 1.44 bits per heavy atom. The Balaban J connectivity index is 2.13. The molecule has 0 saturated carbocycles. The van der Waals surface area contributed by atoms with Crippen molar-refractivity contribution >= 4 is 21.8 Å². The minimum atomic E-state index is -3.40. The molecular weight excluding hydrogens is 268 g/mol. The molecule has 1 aliphatic rings. The fourth-order valence-corrected chi connectivity index (χ4v) is 3.86. The summed E-state index contributed by atoms with van der Waals surface area (Å²) in [5.74, 6) is 0. The van der Waals surface area contributed by atoms with Crippen molar-refractivity contribution in [2.24, 2.45) is 0 Å². The van der Waals surface area contributed by atoms with Crippen LogP contribution in [-0.4, -0.2) is 33.8 Å². The number of sulfonamides is 1. The predicted molar refractivity (Wildman–Crippen MR) is 74.4 cm³/mol. The van der Waals surface area contributed by atoms with Gasteiger partial charge in [0.05, 0.1) is 4.90 Å². The van der Waals surface area contributed by atoms with Crippen molar-refractivity contribution in [3.05, 3.63) is 24.3 Å². The molecule has 0 aromatic heterocycles. The molecule has 0 bridgehead atoms. The average Bonchev–Trinajstić information content (AvgIpc) is 2.39. The molecule has 0 amide bonds. The molecule has 0 radical (unpaired) electrons. The highest BCUT2D eigenvalue weighted by atomic mass is 32.2. The number of rotatable bonds is 4. The minimum absolute atomic E-state index is 0.00156. The lowest BCUT2D eigenvalue weighted by molar-refractivity contribution is 0.428. The molecule has 0 aliphatic carbocycles. The van der Waals surface area contributed by atoms with Crippen LogP contribution in [0.2, 0.25) is 0 Å². The van der Waals surface area contributed by atoms with Gasteiger partial charge in [0.1, 0.15) is 0 Å². The van der Waals surface area contributed by atoms with Crippen LogP contribution in [0.4, 0.5) is 0 Å². The first-order valence-electron chi connectivity index (χ1n) is 5.99. The Morgan fingerprint density at radius 2 is 2.28 bits per heavy atom. The SMILES string of the molecule is CSc1cccc(S(=O)(=O)N[C@H]2CCCNC2)c1. The smallest absolute Gasteiger partial charge is 0.240 e. The van der Waals surface area contributed by atoms with Crippen LogP contribution in [-0.2, 0) is 10.0 Å². The molecule has 4 nitrogen and oxygen atoms in total. The van der Waals surface area contributed by atoms with Crippen LogP contribution in [0, 0.1) is 0 Å². The van der Waals surface area contributed by atoms with E-state index in [2.05, 4.69) is 10.0 Å². The van der Waals surface area contributed by atoms with Crippen molar-refractivity contribution in [3.8, 4) is 0 Å². The molecule has 6 heteroatoms. The summed E-state index contributed by atoms with van der Waals surface area (Å²) in [7, 11) is -3.40. The van der Waals surface area contributed by atoms with Crippen LogP contribution in [0.3, 0.4) is 0 Å². The second kappa shape index (κ2) is 6.06. The van der Waals surface area contributed by atoms with Crippen LogP contribution in [0.15, 0.2) is 34.1 Å². The van der Waals surface area contributed by atoms with E-state index in [1.54, 1.807) is 30.0 Å². The molecule has 1 heterocycles. The Hall–Kier alpha value is -0.560. The summed E-state index contributed by atoms with van der Waals surface area (Å²) in [4.78, 5) is 1.31. The zero-order valence-electron chi connectivity index (χ0n) is 10.3. The van der Waals surface area contributed by atoms with Crippen LogP contribution in [0.25, 0.3) is 0 Å². The van der Waals surface area contributed by atoms with Gasteiger partial charge in [-0.2, -0.15) is 0 Å². The van der Waals surface area contributed by atoms with Crippen molar-refractivity contribution in [3.63, 3.8) is 0 Å². The first-order chi connectivity index (χ1) is 8.62. The van der Waals surface area contributed by atoms with Crippen molar-refractivity contribution in [1.82, 2.24) is 10.0 Å². The Morgan fingerprint density at radius 3 is 2.94 bits per heavy atom. The normalized spacial score (nSPS) is 20.8. The molecule has 2 rings (SSSR count). The van der Waals surface area contributed by atoms with Crippen LogP contribution >= 0.6 is 11.8 Å². The van der Waals surface area contributed by atoms with Gasteiger partial charge in [-0.15, -0.1) is 11.8 Å². The van der Waals surface area contributed by atoms with Gasteiger partial charge in [0.25, 0.3) is 0 Å². The number of hydrogen-bond donors (Lipinski definition) is 2. The third kappa shape index (κ3) is 3.47. The fraction of sp³-hybridized carbons (Fsp3) is 0.500. The predicted octanol–water partition coefficient (Wildman–Crippen LogP) is 1.44. The van der Waals surface area contributed by atoms with Gasteiger partial charge in [0, 0.05) is 17.5 Å². The lowest BCUT2D eigenvalue weighted by Gasteiger charge is -2.23. The molecule has 0 unspecified atom stereocenters. The maximum atomic E-state index is 12.2. The Bertz CT molecular complexity index is 497. The third-order valence-corrected chi connectivity index (χ3v) is 5.21. The summed E-state index contributed by atoms with van der Waals surface area (Å²) in [5, 5.41) is 3.20. The maximum absolute atomic E-state index is 12.2. The standard InChI is InChI=1S/C12H18N2O2S2/c1-17-11-5-2-6-12(8-11)18(15,16)14-10-4-3-7-13-9-10/h2,5-6,8,10,13-14H,3-4,7,9H2,1H3/t10-/m0/s1. The number of nitrogens with one attached hydrogen (secondary N) is 2. The lowest BCUT2D eigenvalue weighted by atomic mass is 10.1. The summed E-state index contributed by atoms with van der Waals surface area (Å²) < 4.78 is 27.2. The van der Waals surface area contributed by atoms with E-state index in [9.17, 15) is 8.42 Å². The van der Waals surface area contributed by atoms with Crippen molar-refractivity contribution in [2.75, 3.05) is 19.3 Å². The monoisotopic (exact) mass is 286 g/mol. The number of benzene rings is 1. The quantitative estimate of drug-likeness (QED) is 0.822. The molecule has 0 spiro atoms. The summed E-state index contributed by atoms with van der Waals surface area (Å²) in [5.41, 5.74) is 0. The van der Waals surface area contributed by atoms with E-state index in [1.165, 1.54) is 0 Å². The molecule has 1 aromatic rings. The highest BCUT2D eigenvalue weighted by Gasteiger charge is 2.21. The minimum Gasteiger partial charge on any atom is -0.315 e. The summed E-state index contributed by atoms with van der Waals surface area (Å²) in [6, 6.07) is 7.04. The third-order valence-electron chi connectivity index (χ3n) is 2.97. The second-order valence-electron chi connectivity index (χ2n) is 4.34. The Kier molecular flexibility index (Phi) is 4.66. The molecule has 1 fully saturated rings. The molecule has 100 valence electrons. The van der Waals surface area contributed by atoms with Crippen molar-refractivity contribution in [1.29, 1.82) is 0 Å². The van der Waals surface area contributed by atoms with E-state index in [-0.39, 0.29) is 6.04 Å². The van der Waals surface area contributed by atoms with E-state index in [1.807, 2.05) is 12.3 Å². The Labute approximate surface area is 113 Å². The zero-order valence-corrected chi connectivity index (χ0v) is 12.0. The van der Waals surface area contributed by atoms with Gasteiger partial charge in [-0.05, 0) is 43.8 Å². The highest BCUT2D eigenvalue weighted by Crippen LogP contribution is 2.19. The number of piperidine rings is 1. The highest BCUT2D eigenvalue weighted by molar-refractivity contribution is 7.98. The largest absolute Gasteiger partial charge is 0.315 e. The molecule has 2 N–H and O–H groups in total. The van der Waals surface area contributed by atoms with Gasteiger partial charge in [0.15, 0.2) is 0 Å². The first-order valence-corrected chi connectivity index (χ1v) is 8.70. The van der Waals surface area contributed by atoms with Gasteiger partial charge < -0.3 is 5.32 Å². The van der Waals surface area contributed by atoms with E-state index < -0.39 is 10.0 Å². The summed E-state index contributed by atoms with van der Waals surface area (Å²) in [6.07, 6.45) is 3.84. The van der Waals surface area contributed by atoms with Crippen LogP contribution in [0.1, 0.15) is 12.8 Å². The number of thioether (sulfide) groups is 1. The van der Waals surface area contributed by atoms with E-state index in [0.717, 1.165) is 24.3 Å². The second-order valence-corrected chi connectivity index (χ2v) is 6.94. The first kappa shape index (κ1) is 13.9. The lowest BCUT2D eigenvalue weighted by Crippen LogP contribution is -2.45. The van der Waals surface area contributed by atoms with E-state index >= 15 is 0 Å². The van der Waals surface area contributed by atoms with Gasteiger partial charge >= 0.3 is 0 Å². The van der Waals surface area contributed by atoms with Crippen molar-refractivity contribution < 1.29 is 8.42 Å². The topological polar surface area (TPSA) is 58.2 Å².